The number of hydrogen-bond acceptors (Lipinski definition) is 4. The van der Waals surface area contributed by atoms with Gasteiger partial charge in [0, 0.05) is 33.2 Å². The average Bonchev–Trinajstić information content (AvgIpc) is 2.34. The van der Waals surface area contributed by atoms with Gasteiger partial charge >= 0.3 is 18.2 Å². The highest BCUT2D eigenvalue weighted by molar-refractivity contribution is 5.81. The van der Waals surface area contributed by atoms with Gasteiger partial charge in [0.1, 0.15) is 0 Å². The topological polar surface area (TPSA) is 61.9 Å². The van der Waals surface area contributed by atoms with E-state index in [1.807, 2.05) is 0 Å². The summed E-state index contributed by atoms with van der Waals surface area (Å²) in [6.45, 7) is 1.34. The molecule has 9 heteroatoms. The first kappa shape index (κ1) is 14.6. The summed E-state index contributed by atoms with van der Waals surface area (Å²) in [5.41, 5.74) is 0. The largest absolute Gasteiger partial charge is 0.471 e. The van der Waals surface area contributed by atoms with Crippen LogP contribution in [-0.2, 0) is 9.53 Å². The summed E-state index contributed by atoms with van der Waals surface area (Å²) in [6, 6.07) is 0. The van der Waals surface area contributed by atoms with E-state index in [9.17, 15) is 22.8 Å². The maximum atomic E-state index is 12.0. The minimum absolute atomic E-state index is 0.306. The van der Waals surface area contributed by atoms with E-state index in [4.69, 9.17) is 0 Å². The molecule has 0 aromatic carbocycles. The Kier molecular flexibility index (Phi) is 4.76. The highest BCUT2D eigenvalue weighted by Crippen LogP contribution is 2.17. The zero-order valence-electron chi connectivity index (χ0n) is 9.79. The number of carbonyl (C=O) groups excluding carboxylic acids is 2. The van der Waals surface area contributed by atoms with Crippen LogP contribution in [-0.4, -0.2) is 67.9 Å². The van der Waals surface area contributed by atoms with E-state index < -0.39 is 24.9 Å². The molecule has 1 aliphatic heterocycles. The molecular formula is C9H14F3N3O3. The van der Waals surface area contributed by atoms with E-state index in [2.05, 4.69) is 10.1 Å². The monoisotopic (exact) mass is 269 g/mol. The first-order valence-electron chi connectivity index (χ1n) is 5.27. The van der Waals surface area contributed by atoms with Crippen LogP contribution in [0.15, 0.2) is 0 Å². The highest BCUT2D eigenvalue weighted by Gasteiger charge is 2.41. The minimum atomic E-state index is -4.96. The molecule has 0 saturated carbocycles. The molecular weight excluding hydrogens is 255 g/mol. The van der Waals surface area contributed by atoms with Crippen LogP contribution in [0.25, 0.3) is 0 Å². The van der Waals surface area contributed by atoms with Crippen molar-refractivity contribution in [3.05, 3.63) is 0 Å². The van der Waals surface area contributed by atoms with Crippen molar-refractivity contribution in [2.75, 3.05) is 40.0 Å². The SMILES string of the molecule is CN(COC(=O)N1CCNCC1)C(=O)C(F)(F)F. The first-order valence-corrected chi connectivity index (χ1v) is 5.27. The van der Waals surface area contributed by atoms with E-state index in [1.165, 1.54) is 4.90 Å². The van der Waals surface area contributed by atoms with E-state index in [-0.39, 0.29) is 0 Å². The normalized spacial score (nSPS) is 16.3. The molecule has 0 bridgehead atoms. The molecule has 18 heavy (non-hydrogen) atoms. The Morgan fingerprint density at radius 2 is 1.89 bits per heavy atom. The van der Waals surface area contributed by atoms with Gasteiger partial charge in [0.2, 0.25) is 0 Å². The summed E-state index contributed by atoms with van der Waals surface area (Å²) in [5.74, 6) is -2.05. The number of carbonyl (C=O) groups is 2. The summed E-state index contributed by atoms with van der Waals surface area (Å²) in [7, 11) is 0.918. The molecule has 6 nitrogen and oxygen atoms in total. The Morgan fingerprint density at radius 3 is 2.39 bits per heavy atom. The van der Waals surface area contributed by atoms with Crippen molar-refractivity contribution in [3.8, 4) is 0 Å². The number of piperazine rings is 1. The van der Waals surface area contributed by atoms with Crippen LogP contribution in [0.5, 0.6) is 0 Å². The zero-order chi connectivity index (χ0) is 13.8. The third kappa shape index (κ3) is 4.06. The Balaban J connectivity index is 2.35. The van der Waals surface area contributed by atoms with Crippen molar-refractivity contribution in [2.24, 2.45) is 0 Å². The van der Waals surface area contributed by atoms with E-state index >= 15 is 0 Å². The molecule has 2 amide bonds. The molecule has 1 rings (SSSR count). The van der Waals surface area contributed by atoms with Crippen molar-refractivity contribution in [1.29, 1.82) is 0 Å². The van der Waals surface area contributed by atoms with Gasteiger partial charge in [-0.1, -0.05) is 0 Å². The van der Waals surface area contributed by atoms with E-state index in [0.717, 1.165) is 7.05 Å². The number of halogens is 3. The zero-order valence-corrected chi connectivity index (χ0v) is 9.79. The van der Waals surface area contributed by atoms with Crippen LogP contribution < -0.4 is 5.32 Å². The molecule has 0 atom stereocenters. The Hall–Kier alpha value is -1.51. The highest BCUT2D eigenvalue weighted by atomic mass is 19.4. The molecule has 0 aromatic heterocycles. The van der Waals surface area contributed by atoms with Crippen molar-refractivity contribution in [3.63, 3.8) is 0 Å². The summed E-state index contributed by atoms with van der Waals surface area (Å²) in [4.78, 5) is 23.8. The molecule has 0 aliphatic carbocycles. The lowest BCUT2D eigenvalue weighted by molar-refractivity contribution is -0.187. The second kappa shape index (κ2) is 5.89. The molecule has 1 N–H and O–H groups in total. The maximum Gasteiger partial charge on any atom is 0.471 e. The van der Waals surface area contributed by atoms with Crippen molar-refractivity contribution < 1.29 is 27.5 Å². The predicted octanol–water partition coefficient (Wildman–Crippen LogP) is 0.00640. The molecule has 104 valence electrons. The van der Waals surface area contributed by atoms with Crippen molar-refractivity contribution >= 4 is 12.0 Å². The van der Waals surface area contributed by atoms with Crippen molar-refractivity contribution in [2.45, 2.75) is 6.18 Å². The number of nitrogens with one attached hydrogen (secondary N) is 1. The summed E-state index contributed by atoms with van der Waals surface area (Å²) in [5, 5.41) is 3.01. The van der Waals surface area contributed by atoms with Gasteiger partial charge in [-0.15, -0.1) is 0 Å². The average molecular weight is 269 g/mol. The number of amides is 2. The van der Waals surface area contributed by atoms with Crippen LogP contribution >= 0.6 is 0 Å². The maximum absolute atomic E-state index is 12.0. The van der Waals surface area contributed by atoms with Gasteiger partial charge in [0.05, 0.1) is 0 Å². The molecule has 1 heterocycles. The van der Waals surface area contributed by atoms with Gasteiger partial charge in [0.25, 0.3) is 0 Å². The number of alkyl halides is 3. The third-order valence-electron chi connectivity index (χ3n) is 2.35. The van der Waals surface area contributed by atoms with Gasteiger partial charge in [-0.25, -0.2) is 4.79 Å². The summed E-state index contributed by atoms with van der Waals surface area (Å²) in [6.07, 6.45) is -5.69. The molecule has 0 spiro atoms. The van der Waals surface area contributed by atoms with Crippen LogP contribution in [0.1, 0.15) is 0 Å². The molecule has 1 saturated heterocycles. The first-order chi connectivity index (χ1) is 8.32. The number of hydrogen-bond donors (Lipinski definition) is 1. The Morgan fingerprint density at radius 1 is 1.33 bits per heavy atom. The van der Waals surface area contributed by atoms with Gasteiger partial charge in [-0.2, -0.15) is 13.2 Å². The smallest absolute Gasteiger partial charge is 0.428 e. The molecule has 0 aromatic rings. The molecule has 1 fully saturated rings. The lowest BCUT2D eigenvalue weighted by atomic mass is 10.4. The summed E-state index contributed by atoms with van der Waals surface area (Å²) >= 11 is 0. The summed E-state index contributed by atoms with van der Waals surface area (Å²) < 4.78 is 40.7. The second-order valence-corrected chi connectivity index (χ2v) is 3.78. The Labute approximate surface area is 102 Å². The van der Waals surface area contributed by atoms with E-state index in [0.29, 0.717) is 31.1 Å². The Bertz CT molecular complexity index is 316. The van der Waals surface area contributed by atoms with Gasteiger partial charge < -0.3 is 19.9 Å². The van der Waals surface area contributed by atoms with Crippen LogP contribution in [0.3, 0.4) is 0 Å². The third-order valence-corrected chi connectivity index (χ3v) is 2.35. The minimum Gasteiger partial charge on any atom is -0.428 e. The number of ether oxygens (including phenoxy) is 1. The fraction of sp³-hybridized carbons (Fsp3) is 0.778. The lowest BCUT2D eigenvalue weighted by Gasteiger charge is -2.27. The quantitative estimate of drug-likeness (QED) is 0.717. The van der Waals surface area contributed by atoms with Gasteiger partial charge in [0.15, 0.2) is 6.73 Å². The second-order valence-electron chi connectivity index (χ2n) is 3.78. The van der Waals surface area contributed by atoms with Gasteiger partial charge in [-0.3, -0.25) is 4.79 Å². The lowest BCUT2D eigenvalue weighted by Crippen LogP contribution is -2.48. The van der Waals surface area contributed by atoms with Crippen LogP contribution in [0.2, 0.25) is 0 Å². The van der Waals surface area contributed by atoms with Gasteiger partial charge in [-0.05, 0) is 0 Å². The molecule has 0 unspecified atom stereocenters. The van der Waals surface area contributed by atoms with Crippen LogP contribution in [0.4, 0.5) is 18.0 Å². The van der Waals surface area contributed by atoms with Crippen molar-refractivity contribution in [1.82, 2.24) is 15.1 Å². The number of rotatable bonds is 2. The van der Waals surface area contributed by atoms with Crippen LogP contribution in [0, 0.1) is 0 Å². The molecule has 1 aliphatic rings. The van der Waals surface area contributed by atoms with E-state index in [1.54, 1.807) is 0 Å². The molecule has 0 radical (unpaired) electrons. The number of nitrogens with zero attached hydrogens (tertiary/aromatic N) is 2. The predicted molar refractivity (Wildman–Crippen MR) is 54.6 cm³/mol. The fourth-order valence-electron chi connectivity index (χ4n) is 1.37. The fourth-order valence-corrected chi connectivity index (χ4v) is 1.37. The standard InChI is InChI=1S/C9H14F3N3O3/c1-14(7(16)9(10,11)12)6-18-8(17)15-4-2-13-3-5-15/h13H,2-6H2,1H3.